The molecule has 0 unspecified atom stereocenters. The molecule has 1 aliphatic rings. The smallest absolute Gasteiger partial charge is 0.254 e. The van der Waals surface area contributed by atoms with E-state index in [2.05, 4.69) is 16.9 Å². The van der Waals surface area contributed by atoms with Gasteiger partial charge in [0.05, 0.1) is 13.2 Å². The van der Waals surface area contributed by atoms with Crippen molar-refractivity contribution in [3.05, 3.63) is 47.2 Å². The fourth-order valence-corrected chi connectivity index (χ4v) is 3.60. The minimum atomic E-state index is 0.0760. The molecule has 27 heavy (non-hydrogen) atoms. The zero-order valence-electron chi connectivity index (χ0n) is 16.1. The summed E-state index contributed by atoms with van der Waals surface area (Å²) in [5.41, 5.74) is 2.92. The minimum absolute atomic E-state index is 0.0760. The highest BCUT2D eigenvalue weighted by atomic mass is 32.2. The Bertz CT molecular complexity index is 774. The maximum absolute atomic E-state index is 12.5. The van der Waals surface area contributed by atoms with Gasteiger partial charge in [-0.05, 0) is 24.1 Å². The number of anilines is 1. The van der Waals surface area contributed by atoms with E-state index < -0.39 is 0 Å². The Kier molecular flexibility index (Phi) is 6.68. The lowest BCUT2D eigenvalue weighted by molar-refractivity contribution is 0.0303. The normalized spacial score (nSPS) is 14.3. The molecule has 0 aliphatic carbocycles. The quantitative estimate of drug-likeness (QED) is 0.562. The van der Waals surface area contributed by atoms with Gasteiger partial charge in [-0.1, -0.05) is 30.8 Å². The first kappa shape index (κ1) is 19.6. The van der Waals surface area contributed by atoms with E-state index in [0.29, 0.717) is 26.3 Å². The van der Waals surface area contributed by atoms with Crippen LogP contribution in [0.15, 0.2) is 35.5 Å². The summed E-state index contributed by atoms with van der Waals surface area (Å²) in [4.78, 5) is 25.6. The predicted molar refractivity (Wildman–Crippen MR) is 108 cm³/mol. The van der Waals surface area contributed by atoms with Crippen molar-refractivity contribution in [1.82, 2.24) is 14.9 Å². The van der Waals surface area contributed by atoms with E-state index in [4.69, 9.17) is 4.74 Å². The number of rotatable bonds is 6. The Morgan fingerprint density at radius 2 is 1.89 bits per heavy atom. The number of aryl methyl sites for hydroxylation is 1. The summed E-state index contributed by atoms with van der Waals surface area (Å²) in [5.74, 6) is 1.77. The monoisotopic (exact) mass is 386 g/mol. The largest absolute Gasteiger partial charge is 0.378 e. The van der Waals surface area contributed by atoms with Crippen molar-refractivity contribution in [2.24, 2.45) is 0 Å². The number of hydrogen-bond donors (Lipinski definition) is 0. The molecule has 1 saturated heterocycles. The highest BCUT2D eigenvalue weighted by molar-refractivity contribution is 7.98. The molecule has 1 amide bonds. The highest BCUT2D eigenvalue weighted by Crippen LogP contribution is 2.23. The van der Waals surface area contributed by atoms with Crippen molar-refractivity contribution >= 4 is 23.5 Å². The molecule has 0 atom stereocenters. The van der Waals surface area contributed by atoms with Gasteiger partial charge >= 0.3 is 0 Å². The number of hydrogen-bond acceptors (Lipinski definition) is 6. The van der Waals surface area contributed by atoms with Crippen molar-refractivity contribution in [2.75, 3.05) is 45.3 Å². The first-order valence-electron chi connectivity index (χ1n) is 9.21. The highest BCUT2D eigenvalue weighted by Gasteiger charge is 2.18. The number of amides is 1. The standard InChI is InChI=1S/C20H26N4O2S/c1-4-17-13-18(23(2)3)22-20(21-17)27-14-15-5-7-16(8-6-15)19(25)24-9-11-26-12-10-24/h5-8,13H,4,9-12,14H2,1-3H3. The molecule has 0 N–H and O–H groups in total. The summed E-state index contributed by atoms with van der Waals surface area (Å²) in [6.45, 7) is 4.66. The third-order valence-electron chi connectivity index (χ3n) is 4.43. The lowest BCUT2D eigenvalue weighted by Gasteiger charge is -2.26. The van der Waals surface area contributed by atoms with Gasteiger partial charge in [-0.15, -0.1) is 0 Å². The topological polar surface area (TPSA) is 58.6 Å². The molecule has 0 spiro atoms. The van der Waals surface area contributed by atoms with E-state index in [1.807, 2.05) is 54.2 Å². The van der Waals surface area contributed by atoms with Gasteiger partial charge in [-0.3, -0.25) is 4.79 Å². The molecular weight excluding hydrogens is 360 g/mol. The lowest BCUT2D eigenvalue weighted by Crippen LogP contribution is -2.40. The van der Waals surface area contributed by atoms with E-state index in [9.17, 15) is 4.79 Å². The first-order valence-corrected chi connectivity index (χ1v) is 10.2. The van der Waals surface area contributed by atoms with Gasteiger partial charge in [0.25, 0.3) is 5.91 Å². The number of thioether (sulfide) groups is 1. The molecule has 0 saturated carbocycles. The summed E-state index contributed by atoms with van der Waals surface area (Å²) in [7, 11) is 3.97. The van der Waals surface area contributed by atoms with E-state index in [0.717, 1.165) is 40.0 Å². The van der Waals surface area contributed by atoms with Gasteiger partial charge in [0.15, 0.2) is 5.16 Å². The Morgan fingerprint density at radius 1 is 1.19 bits per heavy atom. The third kappa shape index (κ3) is 5.20. The molecule has 1 aromatic heterocycles. The summed E-state index contributed by atoms with van der Waals surface area (Å²) >= 11 is 1.62. The second kappa shape index (κ2) is 9.19. The van der Waals surface area contributed by atoms with Crippen LogP contribution < -0.4 is 4.90 Å². The summed E-state index contributed by atoms with van der Waals surface area (Å²) in [5, 5.41) is 0.784. The second-order valence-electron chi connectivity index (χ2n) is 6.64. The van der Waals surface area contributed by atoms with Crippen molar-refractivity contribution in [3.8, 4) is 0 Å². The minimum Gasteiger partial charge on any atom is -0.378 e. The number of ether oxygens (including phenoxy) is 1. The van der Waals surface area contributed by atoms with Crippen LogP contribution in [0, 0.1) is 0 Å². The van der Waals surface area contributed by atoms with Gasteiger partial charge < -0.3 is 14.5 Å². The van der Waals surface area contributed by atoms with Crippen LogP contribution in [-0.2, 0) is 16.9 Å². The zero-order valence-corrected chi connectivity index (χ0v) is 17.0. The Balaban J connectivity index is 1.63. The molecule has 6 nitrogen and oxygen atoms in total. The molecule has 1 aromatic carbocycles. The van der Waals surface area contributed by atoms with Crippen LogP contribution in [0.3, 0.4) is 0 Å². The molecule has 3 rings (SSSR count). The summed E-state index contributed by atoms with van der Waals surface area (Å²) in [6, 6.07) is 9.86. The van der Waals surface area contributed by atoms with Crippen LogP contribution in [-0.4, -0.2) is 61.2 Å². The van der Waals surface area contributed by atoms with Crippen LogP contribution in [0.25, 0.3) is 0 Å². The maximum atomic E-state index is 12.5. The molecule has 7 heteroatoms. The van der Waals surface area contributed by atoms with Crippen molar-refractivity contribution in [3.63, 3.8) is 0 Å². The lowest BCUT2D eigenvalue weighted by atomic mass is 10.1. The fourth-order valence-electron chi connectivity index (χ4n) is 2.77. The number of benzene rings is 1. The average molecular weight is 387 g/mol. The molecule has 1 aliphatic heterocycles. The molecule has 144 valence electrons. The average Bonchev–Trinajstić information content (AvgIpc) is 2.72. The number of nitrogens with zero attached hydrogens (tertiary/aromatic N) is 4. The zero-order chi connectivity index (χ0) is 19.2. The number of aromatic nitrogens is 2. The Morgan fingerprint density at radius 3 is 2.52 bits per heavy atom. The Hall–Kier alpha value is -2.12. The number of morpholine rings is 1. The van der Waals surface area contributed by atoms with Gasteiger partial charge in [0.2, 0.25) is 0 Å². The second-order valence-corrected chi connectivity index (χ2v) is 7.58. The van der Waals surface area contributed by atoms with Gasteiger partial charge in [-0.25, -0.2) is 9.97 Å². The Labute approximate surface area is 164 Å². The summed E-state index contributed by atoms with van der Waals surface area (Å²) in [6.07, 6.45) is 0.884. The van der Waals surface area contributed by atoms with Crippen LogP contribution in [0.1, 0.15) is 28.5 Å². The van der Waals surface area contributed by atoms with Crippen LogP contribution in [0.2, 0.25) is 0 Å². The number of carbonyl (C=O) groups excluding carboxylic acids is 1. The molecular formula is C20H26N4O2S. The van der Waals surface area contributed by atoms with Gasteiger partial charge in [0.1, 0.15) is 5.82 Å². The first-order chi connectivity index (χ1) is 13.1. The van der Waals surface area contributed by atoms with Crippen molar-refractivity contribution < 1.29 is 9.53 Å². The molecule has 2 heterocycles. The van der Waals surface area contributed by atoms with E-state index in [1.165, 1.54) is 0 Å². The SMILES string of the molecule is CCc1cc(N(C)C)nc(SCc2ccc(C(=O)N3CCOCC3)cc2)n1. The summed E-state index contributed by atoms with van der Waals surface area (Å²) < 4.78 is 5.31. The molecule has 0 radical (unpaired) electrons. The van der Waals surface area contributed by atoms with Crippen molar-refractivity contribution in [2.45, 2.75) is 24.3 Å². The fraction of sp³-hybridized carbons (Fsp3) is 0.450. The van der Waals surface area contributed by atoms with Crippen LogP contribution in [0.5, 0.6) is 0 Å². The third-order valence-corrected chi connectivity index (χ3v) is 5.35. The van der Waals surface area contributed by atoms with E-state index >= 15 is 0 Å². The van der Waals surface area contributed by atoms with Gasteiger partial charge in [0, 0.05) is 50.3 Å². The van der Waals surface area contributed by atoms with Crippen molar-refractivity contribution in [1.29, 1.82) is 0 Å². The molecule has 1 fully saturated rings. The van der Waals surface area contributed by atoms with E-state index in [1.54, 1.807) is 11.8 Å². The maximum Gasteiger partial charge on any atom is 0.254 e. The van der Waals surface area contributed by atoms with Crippen LogP contribution in [0.4, 0.5) is 5.82 Å². The number of carbonyl (C=O) groups is 1. The molecule has 0 bridgehead atoms. The van der Waals surface area contributed by atoms with E-state index in [-0.39, 0.29) is 5.91 Å². The predicted octanol–water partition coefficient (Wildman–Crippen LogP) is 2.87. The molecule has 2 aromatic rings. The van der Waals surface area contributed by atoms with Gasteiger partial charge in [-0.2, -0.15) is 0 Å². The van der Waals surface area contributed by atoms with Crippen LogP contribution >= 0.6 is 11.8 Å².